The molecule has 6 heteroatoms. The van der Waals surface area contributed by atoms with Crippen molar-refractivity contribution in [1.29, 1.82) is 0 Å². The minimum atomic E-state index is -0.588. The highest BCUT2D eigenvalue weighted by Gasteiger charge is 2.29. The lowest BCUT2D eigenvalue weighted by Crippen LogP contribution is -2.51. The van der Waals surface area contributed by atoms with Crippen molar-refractivity contribution in [1.82, 2.24) is 10.2 Å². The molecule has 0 radical (unpaired) electrons. The molecule has 0 fully saturated rings. The smallest absolute Gasteiger partial charge is 0.243 e. The van der Waals surface area contributed by atoms with Gasteiger partial charge in [0.1, 0.15) is 6.04 Å². The molecule has 0 heterocycles. The van der Waals surface area contributed by atoms with Crippen molar-refractivity contribution >= 4 is 35.0 Å². The van der Waals surface area contributed by atoms with E-state index < -0.39 is 6.04 Å². The molecule has 4 nitrogen and oxygen atoms in total. The van der Waals surface area contributed by atoms with Crippen LogP contribution in [0.2, 0.25) is 10.0 Å². The number of hydrogen-bond acceptors (Lipinski definition) is 2. The van der Waals surface area contributed by atoms with E-state index >= 15 is 0 Å². The number of benzene rings is 2. The largest absolute Gasteiger partial charge is 0.352 e. The van der Waals surface area contributed by atoms with Gasteiger partial charge in [-0.2, -0.15) is 0 Å². The number of carbonyl (C=O) groups excluding carboxylic acids is 2. The summed E-state index contributed by atoms with van der Waals surface area (Å²) in [5.41, 5.74) is 1.54. The van der Waals surface area contributed by atoms with Crippen LogP contribution in [-0.2, 0) is 22.6 Å². The average Bonchev–Trinajstić information content (AvgIpc) is 2.70. The molecule has 0 aromatic heterocycles. The molecule has 1 N–H and O–H groups in total. The molecule has 0 aliphatic heterocycles. The van der Waals surface area contributed by atoms with Crippen molar-refractivity contribution in [3.8, 4) is 0 Å². The topological polar surface area (TPSA) is 49.4 Å². The lowest BCUT2D eigenvalue weighted by molar-refractivity contribution is -0.141. The Labute approximate surface area is 183 Å². The number of amides is 2. The summed E-state index contributed by atoms with van der Waals surface area (Å²) in [5.74, 6) is -0.314. The first kappa shape index (κ1) is 23.2. The lowest BCUT2D eigenvalue weighted by Gasteiger charge is -2.32. The third-order valence-electron chi connectivity index (χ3n) is 4.98. The summed E-state index contributed by atoms with van der Waals surface area (Å²) in [6.07, 6.45) is 1.44. The van der Waals surface area contributed by atoms with Crippen molar-refractivity contribution in [2.24, 2.45) is 0 Å². The van der Waals surface area contributed by atoms with Crippen molar-refractivity contribution in [3.63, 3.8) is 0 Å². The molecule has 2 amide bonds. The maximum Gasteiger partial charge on any atom is 0.243 e. The fraction of sp³-hybridized carbons (Fsp3) is 0.391. The first-order chi connectivity index (χ1) is 13.9. The Morgan fingerprint density at radius 2 is 1.48 bits per heavy atom. The molecule has 156 valence electrons. The van der Waals surface area contributed by atoms with Crippen molar-refractivity contribution in [3.05, 3.63) is 69.7 Å². The van der Waals surface area contributed by atoms with Crippen LogP contribution >= 0.6 is 23.2 Å². The van der Waals surface area contributed by atoms with Gasteiger partial charge in [-0.3, -0.25) is 9.59 Å². The van der Waals surface area contributed by atoms with Crippen LogP contribution in [0, 0.1) is 0 Å². The second-order valence-corrected chi connectivity index (χ2v) is 7.94. The number of carbonyl (C=O) groups is 2. The summed E-state index contributed by atoms with van der Waals surface area (Å²) >= 11 is 12.6. The molecule has 0 saturated heterocycles. The number of rotatable bonds is 9. The van der Waals surface area contributed by atoms with Crippen molar-refractivity contribution < 1.29 is 9.59 Å². The van der Waals surface area contributed by atoms with E-state index in [0.29, 0.717) is 16.5 Å². The van der Waals surface area contributed by atoms with Gasteiger partial charge < -0.3 is 10.2 Å². The van der Waals surface area contributed by atoms with E-state index in [1.54, 1.807) is 17.0 Å². The van der Waals surface area contributed by atoms with Crippen molar-refractivity contribution in [2.45, 2.75) is 58.7 Å². The second-order valence-electron chi connectivity index (χ2n) is 7.12. The van der Waals surface area contributed by atoms with Gasteiger partial charge in [-0.25, -0.2) is 0 Å². The highest BCUT2D eigenvalue weighted by molar-refractivity contribution is 6.31. The van der Waals surface area contributed by atoms with Gasteiger partial charge >= 0.3 is 0 Å². The Bertz CT molecular complexity index is 841. The predicted molar refractivity (Wildman–Crippen MR) is 119 cm³/mol. The summed E-state index contributed by atoms with van der Waals surface area (Å²) in [5, 5.41) is 4.11. The molecule has 2 aromatic rings. The van der Waals surface area contributed by atoms with E-state index in [4.69, 9.17) is 23.2 Å². The number of halogens is 2. The zero-order chi connectivity index (χ0) is 21.4. The SMILES string of the molecule is CCC(C)NC(=O)C(CC)N(Cc1ccccc1Cl)C(=O)Cc1ccccc1Cl. The molecule has 0 aliphatic carbocycles. The summed E-state index contributed by atoms with van der Waals surface area (Å²) in [6, 6.07) is 14.1. The molecule has 2 atom stereocenters. The Morgan fingerprint density at radius 3 is 2.00 bits per heavy atom. The maximum absolute atomic E-state index is 13.3. The van der Waals surface area contributed by atoms with Crippen LogP contribution < -0.4 is 5.32 Å². The second kappa shape index (κ2) is 11.2. The van der Waals surface area contributed by atoms with Gasteiger partial charge in [0.2, 0.25) is 11.8 Å². The van der Waals surface area contributed by atoms with Crippen molar-refractivity contribution in [2.75, 3.05) is 0 Å². The summed E-state index contributed by atoms with van der Waals surface area (Å²) in [7, 11) is 0. The monoisotopic (exact) mass is 434 g/mol. The fourth-order valence-electron chi connectivity index (χ4n) is 3.08. The molecule has 2 rings (SSSR count). The number of nitrogens with one attached hydrogen (secondary N) is 1. The standard InChI is InChI=1S/C23H28Cl2N2O2/c1-4-16(3)26-23(29)21(5-2)27(15-18-11-7-9-13-20(18)25)22(28)14-17-10-6-8-12-19(17)24/h6-13,16,21H,4-5,14-15H2,1-3H3,(H,26,29). The first-order valence-corrected chi connectivity index (χ1v) is 10.7. The Hall–Kier alpha value is -2.04. The van der Waals surface area contributed by atoms with Crippen LogP contribution in [0.25, 0.3) is 0 Å². The molecule has 29 heavy (non-hydrogen) atoms. The third kappa shape index (κ3) is 6.48. The molecule has 0 bridgehead atoms. The van der Waals surface area contributed by atoms with E-state index in [1.807, 2.05) is 57.2 Å². The van der Waals surface area contributed by atoms with Crippen LogP contribution in [0.1, 0.15) is 44.7 Å². The van der Waals surface area contributed by atoms with Gasteiger partial charge in [0.25, 0.3) is 0 Å². The average molecular weight is 435 g/mol. The van der Waals surface area contributed by atoms with E-state index in [2.05, 4.69) is 5.32 Å². The predicted octanol–water partition coefficient (Wildman–Crippen LogP) is 5.26. The van der Waals surface area contributed by atoms with Gasteiger partial charge in [0.15, 0.2) is 0 Å². The van der Waals surface area contributed by atoms with E-state index in [-0.39, 0.29) is 30.8 Å². The van der Waals surface area contributed by atoms with E-state index in [9.17, 15) is 9.59 Å². The first-order valence-electron chi connectivity index (χ1n) is 9.94. The van der Waals surface area contributed by atoms with E-state index in [1.165, 1.54) is 0 Å². The highest BCUT2D eigenvalue weighted by atomic mass is 35.5. The molecular formula is C23H28Cl2N2O2. The minimum Gasteiger partial charge on any atom is -0.352 e. The van der Waals surface area contributed by atoms with Gasteiger partial charge in [-0.15, -0.1) is 0 Å². The number of hydrogen-bond donors (Lipinski definition) is 1. The van der Waals surface area contributed by atoms with Crippen LogP contribution in [0.4, 0.5) is 0 Å². The zero-order valence-corrected chi connectivity index (χ0v) is 18.6. The van der Waals surface area contributed by atoms with Crippen LogP contribution in [-0.4, -0.2) is 28.8 Å². The van der Waals surface area contributed by atoms with Crippen LogP contribution in [0.3, 0.4) is 0 Å². The normalized spacial score (nSPS) is 12.9. The zero-order valence-electron chi connectivity index (χ0n) is 17.1. The van der Waals surface area contributed by atoms with Gasteiger partial charge in [0, 0.05) is 22.6 Å². The molecule has 0 spiro atoms. The maximum atomic E-state index is 13.3. The summed E-state index contributed by atoms with van der Waals surface area (Å²) in [6.45, 7) is 6.13. The third-order valence-corrected chi connectivity index (χ3v) is 5.72. The van der Waals surface area contributed by atoms with Crippen LogP contribution in [0.15, 0.2) is 48.5 Å². The van der Waals surface area contributed by atoms with Gasteiger partial charge in [0.05, 0.1) is 6.42 Å². The highest BCUT2D eigenvalue weighted by Crippen LogP contribution is 2.22. The molecule has 2 unspecified atom stereocenters. The Balaban J connectivity index is 2.33. The summed E-state index contributed by atoms with van der Waals surface area (Å²) < 4.78 is 0. The molecular weight excluding hydrogens is 407 g/mol. The Kier molecular flexibility index (Phi) is 8.99. The van der Waals surface area contributed by atoms with Gasteiger partial charge in [-0.05, 0) is 43.0 Å². The molecule has 0 saturated carbocycles. The quantitative estimate of drug-likeness (QED) is 0.584. The molecule has 0 aliphatic rings. The summed E-state index contributed by atoms with van der Waals surface area (Å²) in [4.78, 5) is 27.8. The Morgan fingerprint density at radius 1 is 0.931 bits per heavy atom. The van der Waals surface area contributed by atoms with Gasteiger partial charge in [-0.1, -0.05) is 73.4 Å². The van der Waals surface area contributed by atoms with Crippen LogP contribution in [0.5, 0.6) is 0 Å². The van der Waals surface area contributed by atoms with E-state index in [0.717, 1.165) is 17.5 Å². The number of nitrogens with zero attached hydrogens (tertiary/aromatic N) is 1. The minimum absolute atomic E-state index is 0.0392. The lowest BCUT2D eigenvalue weighted by atomic mass is 10.1. The molecule has 2 aromatic carbocycles. The fourth-order valence-corrected chi connectivity index (χ4v) is 3.48.